The van der Waals surface area contributed by atoms with E-state index >= 15 is 0 Å². The minimum Gasteiger partial charge on any atom is -0.395 e. The van der Waals surface area contributed by atoms with E-state index in [0.29, 0.717) is 0 Å². The molecule has 1 rings (SSSR count). The fraction of sp³-hybridized carbons (Fsp3) is 0.500. The number of aliphatic hydroxyl groups is 1. The third-order valence-corrected chi connectivity index (χ3v) is 5.04. The van der Waals surface area contributed by atoms with E-state index < -0.39 is 27.7 Å². The van der Waals surface area contributed by atoms with Gasteiger partial charge in [0.15, 0.2) is 9.84 Å². The lowest BCUT2D eigenvalue weighted by atomic mass is 10.0. The van der Waals surface area contributed by atoms with Crippen molar-refractivity contribution in [1.29, 1.82) is 0 Å². The average Bonchev–Trinajstić information content (AvgIpc) is 2.29. The molecule has 1 aromatic carbocycles. The van der Waals surface area contributed by atoms with E-state index in [4.69, 9.17) is 5.73 Å². The summed E-state index contributed by atoms with van der Waals surface area (Å²) in [5.41, 5.74) is 7.70. The Balaban J connectivity index is 3.06. The maximum atomic E-state index is 11.8. The molecular weight excluding hydrogens is 238 g/mol. The summed E-state index contributed by atoms with van der Waals surface area (Å²) in [5, 5.41) is 8.30. The average molecular weight is 257 g/mol. The molecule has 0 bridgehead atoms. The van der Waals surface area contributed by atoms with Crippen LogP contribution in [0.4, 0.5) is 0 Å². The molecule has 0 saturated heterocycles. The van der Waals surface area contributed by atoms with Gasteiger partial charge in [-0.1, -0.05) is 36.8 Å². The highest BCUT2D eigenvalue weighted by molar-refractivity contribution is 7.92. The quantitative estimate of drug-likeness (QED) is 0.817. The van der Waals surface area contributed by atoms with Crippen LogP contribution in [0.3, 0.4) is 0 Å². The van der Waals surface area contributed by atoms with E-state index in [-0.39, 0.29) is 5.75 Å². The van der Waals surface area contributed by atoms with Gasteiger partial charge in [0.25, 0.3) is 0 Å². The number of benzene rings is 1. The third kappa shape index (κ3) is 3.28. The van der Waals surface area contributed by atoms with E-state index in [1.807, 2.05) is 25.1 Å². The third-order valence-electron chi connectivity index (χ3n) is 2.87. The van der Waals surface area contributed by atoms with Crippen molar-refractivity contribution >= 4 is 9.84 Å². The summed E-state index contributed by atoms with van der Waals surface area (Å²) in [6.45, 7) is 3.02. The van der Waals surface area contributed by atoms with Gasteiger partial charge in [0, 0.05) is 11.8 Å². The van der Waals surface area contributed by atoms with Crippen LogP contribution in [0, 0.1) is 6.92 Å². The normalized spacial score (nSPS) is 15.5. The molecule has 5 heteroatoms. The van der Waals surface area contributed by atoms with Gasteiger partial charge in [-0.15, -0.1) is 0 Å². The zero-order valence-corrected chi connectivity index (χ0v) is 10.9. The summed E-state index contributed by atoms with van der Waals surface area (Å²) in [7, 11) is -3.35. The maximum absolute atomic E-state index is 11.8. The topological polar surface area (TPSA) is 80.4 Å². The molecule has 0 aliphatic rings. The molecule has 0 unspecified atom stereocenters. The fourth-order valence-corrected chi connectivity index (χ4v) is 3.02. The number of nitrogens with two attached hydrogens (primary N) is 1. The Labute approximate surface area is 102 Å². The van der Waals surface area contributed by atoms with Gasteiger partial charge < -0.3 is 10.8 Å². The first kappa shape index (κ1) is 14.2. The van der Waals surface area contributed by atoms with Crippen LogP contribution in [0.25, 0.3) is 0 Å². The van der Waals surface area contributed by atoms with Crippen molar-refractivity contribution in [2.24, 2.45) is 5.73 Å². The summed E-state index contributed by atoms with van der Waals surface area (Å²) in [5.74, 6) is -0.0161. The summed E-state index contributed by atoms with van der Waals surface area (Å²) in [6.07, 6.45) is 0. The van der Waals surface area contributed by atoms with E-state index in [2.05, 4.69) is 0 Å². The minimum atomic E-state index is -3.35. The van der Waals surface area contributed by atoms with Crippen molar-refractivity contribution in [2.45, 2.75) is 25.1 Å². The van der Waals surface area contributed by atoms with Gasteiger partial charge in [0.2, 0.25) is 0 Å². The van der Waals surface area contributed by atoms with E-state index in [0.717, 1.165) is 11.1 Å². The van der Waals surface area contributed by atoms with Gasteiger partial charge >= 0.3 is 0 Å². The number of aryl methyl sites for hydroxylation is 1. The number of sulfone groups is 1. The van der Waals surface area contributed by atoms with Gasteiger partial charge in [-0.2, -0.15) is 0 Å². The van der Waals surface area contributed by atoms with Crippen LogP contribution in [0.2, 0.25) is 0 Å². The highest BCUT2D eigenvalue weighted by Crippen LogP contribution is 2.21. The molecule has 0 amide bonds. The van der Waals surface area contributed by atoms with E-state index in [1.54, 1.807) is 13.0 Å². The molecule has 0 heterocycles. The molecule has 0 fully saturated rings. The SMILES string of the molecule is CCS(=O)(=O)[C@@H](CO)[C@H](N)c1cccc(C)c1. The zero-order chi connectivity index (χ0) is 13.1. The molecule has 0 aliphatic heterocycles. The summed E-state index contributed by atoms with van der Waals surface area (Å²) in [6, 6.07) is 6.69. The number of aliphatic hydroxyl groups excluding tert-OH is 1. The Morgan fingerprint density at radius 2 is 2.06 bits per heavy atom. The lowest BCUT2D eigenvalue weighted by molar-refractivity contribution is 0.277. The molecule has 3 N–H and O–H groups in total. The first-order valence-electron chi connectivity index (χ1n) is 5.57. The molecular formula is C12H19NO3S. The Kier molecular flexibility index (Phi) is 4.68. The molecule has 0 aliphatic carbocycles. The van der Waals surface area contributed by atoms with Crippen molar-refractivity contribution in [3.05, 3.63) is 35.4 Å². The van der Waals surface area contributed by atoms with E-state index in [9.17, 15) is 13.5 Å². The highest BCUT2D eigenvalue weighted by Gasteiger charge is 2.30. The molecule has 0 spiro atoms. The first-order chi connectivity index (χ1) is 7.92. The molecule has 96 valence electrons. The van der Waals surface area contributed by atoms with Crippen molar-refractivity contribution < 1.29 is 13.5 Å². The largest absolute Gasteiger partial charge is 0.395 e. The summed E-state index contributed by atoms with van der Waals surface area (Å²) in [4.78, 5) is 0. The lowest BCUT2D eigenvalue weighted by Gasteiger charge is -2.22. The molecule has 2 atom stereocenters. The number of hydrogen-bond acceptors (Lipinski definition) is 4. The van der Waals surface area contributed by atoms with Gasteiger partial charge in [-0.05, 0) is 12.5 Å². The van der Waals surface area contributed by atoms with Crippen LogP contribution < -0.4 is 5.73 Å². The molecule has 0 radical (unpaired) electrons. The van der Waals surface area contributed by atoms with Crippen molar-refractivity contribution in [3.63, 3.8) is 0 Å². The van der Waals surface area contributed by atoms with Crippen LogP contribution in [0.1, 0.15) is 24.1 Å². The Morgan fingerprint density at radius 1 is 1.41 bits per heavy atom. The molecule has 17 heavy (non-hydrogen) atoms. The predicted molar refractivity (Wildman–Crippen MR) is 68.4 cm³/mol. The summed E-state index contributed by atoms with van der Waals surface area (Å²) < 4.78 is 23.6. The standard InChI is InChI=1S/C12H19NO3S/c1-3-17(15,16)11(8-14)12(13)10-6-4-5-9(2)7-10/h4-7,11-12,14H,3,8,13H2,1-2H3/t11-,12+/m0/s1. The van der Waals surface area contributed by atoms with Gasteiger partial charge in [-0.3, -0.25) is 0 Å². The minimum absolute atomic E-state index is 0.0161. The smallest absolute Gasteiger partial charge is 0.157 e. The van der Waals surface area contributed by atoms with Crippen LogP contribution in [0.5, 0.6) is 0 Å². The number of rotatable bonds is 5. The van der Waals surface area contributed by atoms with Crippen LogP contribution in [-0.4, -0.2) is 31.1 Å². The molecule has 1 aromatic rings. The first-order valence-corrected chi connectivity index (χ1v) is 7.28. The Bertz CT molecular complexity index is 470. The fourth-order valence-electron chi connectivity index (χ4n) is 1.76. The van der Waals surface area contributed by atoms with Crippen LogP contribution in [0.15, 0.2) is 24.3 Å². The van der Waals surface area contributed by atoms with Crippen molar-refractivity contribution in [1.82, 2.24) is 0 Å². The molecule has 0 aromatic heterocycles. The summed E-state index contributed by atoms with van der Waals surface area (Å²) >= 11 is 0. The second kappa shape index (κ2) is 5.62. The van der Waals surface area contributed by atoms with Crippen LogP contribution in [-0.2, 0) is 9.84 Å². The van der Waals surface area contributed by atoms with Gasteiger partial charge in [0.1, 0.15) is 5.25 Å². The second-order valence-corrected chi connectivity index (χ2v) is 6.62. The maximum Gasteiger partial charge on any atom is 0.157 e. The van der Waals surface area contributed by atoms with Gasteiger partial charge in [0.05, 0.1) is 6.61 Å². The second-order valence-electron chi connectivity index (χ2n) is 4.11. The Morgan fingerprint density at radius 3 is 2.53 bits per heavy atom. The highest BCUT2D eigenvalue weighted by atomic mass is 32.2. The molecule has 4 nitrogen and oxygen atoms in total. The monoisotopic (exact) mass is 257 g/mol. The number of hydrogen-bond donors (Lipinski definition) is 2. The zero-order valence-electron chi connectivity index (χ0n) is 10.1. The predicted octanol–water partition coefficient (Wildman–Crippen LogP) is 0.790. The van der Waals surface area contributed by atoms with Crippen LogP contribution >= 0.6 is 0 Å². The van der Waals surface area contributed by atoms with Gasteiger partial charge in [-0.25, -0.2) is 8.42 Å². The Hall–Kier alpha value is -0.910. The van der Waals surface area contributed by atoms with Crippen molar-refractivity contribution in [2.75, 3.05) is 12.4 Å². The molecule has 0 saturated carbocycles. The van der Waals surface area contributed by atoms with Crippen molar-refractivity contribution in [3.8, 4) is 0 Å². The van der Waals surface area contributed by atoms with E-state index in [1.165, 1.54) is 0 Å². The lowest BCUT2D eigenvalue weighted by Crippen LogP contribution is -2.37.